The average molecular weight is 490 g/mol. The summed E-state index contributed by atoms with van der Waals surface area (Å²) in [5.74, 6) is 2.36. The molecule has 6 nitrogen and oxygen atoms in total. The SMILES string of the molecule is CN=C(NCc1cccc(OC)c1)NCC(CC(C)C)N1CCOCC1.I. The lowest BCUT2D eigenvalue weighted by molar-refractivity contribution is 0.0132. The summed E-state index contributed by atoms with van der Waals surface area (Å²) in [7, 11) is 3.50. The van der Waals surface area contributed by atoms with E-state index >= 15 is 0 Å². The molecule has 1 unspecified atom stereocenters. The first-order chi connectivity index (χ1) is 12.6. The minimum absolute atomic E-state index is 0. The van der Waals surface area contributed by atoms with E-state index in [0.29, 0.717) is 18.5 Å². The van der Waals surface area contributed by atoms with Crippen LogP contribution < -0.4 is 15.4 Å². The molecule has 27 heavy (non-hydrogen) atoms. The van der Waals surface area contributed by atoms with E-state index < -0.39 is 0 Å². The molecule has 0 aliphatic carbocycles. The summed E-state index contributed by atoms with van der Waals surface area (Å²) in [4.78, 5) is 6.90. The Balaban J connectivity index is 0.00000364. The third kappa shape index (κ3) is 8.66. The number of morpholine rings is 1. The number of nitrogens with one attached hydrogen (secondary N) is 2. The molecule has 1 heterocycles. The predicted octanol–water partition coefficient (Wildman–Crippen LogP) is 2.73. The van der Waals surface area contributed by atoms with Gasteiger partial charge in [0.2, 0.25) is 0 Å². The van der Waals surface area contributed by atoms with Crippen LogP contribution >= 0.6 is 24.0 Å². The topological polar surface area (TPSA) is 58.1 Å². The Labute approximate surface area is 181 Å². The molecule has 0 aromatic heterocycles. The zero-order valence-corrected chi connectivity index (χ0v) is 19.4. The molecule has 1 aliphatic heterocycles. The molecule has 1 aromatic carbocycles. The summed E-state index contributed by atoms with van der Waals surface area (Å²) in [6.45, 7) is 9.84. The number of aliphatic imine (C=N–C) groups is 1. The van der Waals surface area contributed by atoms with Gasteiger partial charge < -0.3 is 20.1 Å². The van der Waals surface area contributed by atoms with Gasteiger partial charge in [0.05, 0.1) is 20.3 Å². The lowest BCUT2D eigenvalue weighted by Gasteiger charge is -2.35. The molecule has 0 bridgehead atoms. The van der Waals surface area contributed by atoms with E-state index in [9.17, 15) is 0 Å². The molecule has 1 aliphatic rings. The van der Waals surface area contributed by atoms with Crippen molar-refractivity contribution in [2.24, 2.45) is 10.9 Å². The first-order valence-corrected chi connectivity index (χ1v) is 9.51. The highest BCUT2D eigenvalue weighted by molar-refractivity contribution is 14.0. The lowest BCUT2D eigenvalue weighted by atomic mass is 10.0. The van der Waals surface area contributed by atoms with Crippen LogP contribution in [0.15, 0.2) is 29.3 Å². The summed E-state index contributed by atoms with van der Waals surface area (Å²) in [5.41, 5.74) is 1.17. The van der Waals surface area contributed by atoms with Crippen molar-refractivity contribution in [2.75, 3.05) is 47.0 Å². The highest BCUT2D eigenvalue weighted by Crippen LogP contribution is 2.13. The monoisotopic (exact) mass is 490 g/mol. The van der Waals surface area contributed by atoms with E-state index in [4.69, 9.17) is 9.47 Å². The summed E-state index contributed by atoms with van der Waals surface area (Å²) < 4.78 is 10.8. The van der Waals surface area contributed by atoms with Crippen molar-refractivity contribution in [3.8, 4) is 5.75 Å². The zero-order chi connectivity index (χ0) is 18.8. The second kappa shape index (κ2) is 13.2. The molecule has 1 atom stereocenters. The van der Waals surface area contributed by atoms with Crippen LogP contribution in [0.3, 0.4) is 0 Å². The average Bonchev–Trinajstić information content (AvgIpc) is 2.67. The van der Waals surface area contributed by atoms with E-state index in [1.165, 1.54) is 12.0 Å². The number of methoxy groups -OCH3 is 1. The molecule has 1 aromatic rings. The maximum absolute atomic E-state index is 5.50. The molecular weight excluding hydrogens is 455 g/mol. The van der Waals surface area contributed by atoms with Crippen molar-refractivity contribution < 1.29 is 9.47 Å². The summed E-state index contributed by atoms with van der Waals surface area (Å²) in [6.07, 6.45) is 1.17. The zero-order valence-electron chi connectivity index (χ0n) is 17.0. The number of benzene rings is 1. The Morgan fingerprint density at radius 1 is 1.26 bits per heavy atom. The van der Waals surface area contributed by atoms with Crippen LogP contribution in [-0.4, -0.2) is 63.9 Å². The molecule has 2 N–H and O–H groups in total. The van der Waals surface area contributed by atoms with Crippen LogP contribution in [0.25, 0.3) is 0 Å². The van der Waals surface area contributed by atoms with Gasteiger partial charge in [-0.3, -0.25) is 9.89 Å². The Morgan fingerprint density at radius 3 is 2.63 bits per heavy atom. The molecule has 0 radical (unpaired) electrons. The van der Waals surface area contributed by atoms with Crippen LogP contribution in [-0.2, 0) is 11.3 Å². The molecule has 7 heteroatoms. The predicted molar refractivity (Wildman–Crippen MR) is 122 cm³/mol. The van der Waals surface area contributed by atoms with Gasteiger partial charge in [-0.15, -0.1) is 24.0 Å². The Bertz CT molecular complexity index is 563. The molecule has 1 saturated heterocycles. The van der Waals surface area contributed by atoms with Crippen molar-refractivity contribution in [3.63, 3.8) is 0 Å². The number of hydrogen-bond acceptors (Lipinski definition) is 4. The first-order valence-electron chi connectivity index (χ1n) is 9.51. The summed E-state index contributed by atoms with van der Waals surface area (Å²) >= 11 is 0. The fourth-order valence-corrected chi connectivity index (χ4v) is 3.25. The number of nitrogens with zero attached hydrogens (tertiary/aromatic N) is 2. The van der Waals surface area contributed by atoms with Crippen LogP contribution in [0.4, 0.5) is 0 Å². The maximum Gasteiger partial charge on any atom is 0.191 e. The fourth-order valence-electron chi connectivity index (χ4n) is 3.25. The van der Waals surface area contributed by atoms with Gasteiger partial charge in [0, 0.05) is 39.3 Å². The number of hydrogen-bond donors (Lipinski definition) is 2. The summed E-state index contributed by atoms with van der Waals surface area (Å²) in [6, 6.07) is 8.57. The van der Waals surface area contributed by atoms with Crippen molar-refractivity contribution in [1.82, 2.24) is 15.5 Å². The van der Waals surface area contributed by atoms with Crippen LogP contribution in [0.2, 0.25) is 0 Å². The number of rotatable bonds is 8. The molecule has 154 valence electrons. The smallest absolute Gasteiger partial charge is 0.191 e. The maximum atomic E-state index is 5.50. The standard InChI is InChI=1S/C20H34N4O2.HI/c1-16(2)12-18(24-8-10-26-11-9-24)15-23-20(21-3)22-14-17-6-5-7-19(13-17)25-4;/h5-7,13,16,18H,8-12,14-15H2,1-4H3,(H2,21,22,23);1H. The number of guanidine groups is 1. The van der Waals surface area contributed by atoms with Crippen LogP contribution in [0.5, 0.6) is 5.75 Å². The Kier molecular flexibility index (Phi) is 11.7. The Morgan fingerprint density at radius 2 is 2.00 bits per heavy atom. The summed E-state index contributed by atoms with van der Waals surface area (Å²) in [5, 5.41) is 6.88. The molecular formula is C20H35IN4O2. The first kappa shape index (κ1) is 24.0. The second-order valence-electron chi connectivity index (χ2n) is 7.09. The minimum Gasteiger partial charge on any atom is -0.497 e. The third-order valence-corrected chi connectivity index (χ3v) is 4.63. The van der Waals surface area contributed by atoms with Crippen LogP contribution in [0.1, 0.15) is 25.8 Å². The Hall–Kier alpha value is -1.06. The quantitative estimate of drug-likeness (QED) is 0.334. The highest BCUT2D eigenvalue weighted by atomic mass is 127. The third-order valence-electron chi connectivity index (χ3n) is 4.63. The van der Waals surface area contributed by atoms with E-state index in [-0.39, 0.29) is 24.0 Å². The van der Waals surface area contributed by atoms with E-state index in [1.54, 1.807) is 7.11 Å². The van der Waals surface area contributed by atoms with Crippen molar-refractivity contribution in [3.05, 3.63) is 29.8 Å². The van der Waals surface area contributed by atoms with Gasteiger partial charge in [0.1, 0.15) is 5.75 Å². The van der Waals surface area contributed by atoms with Crippen LogP contribution in [0, 0.1) is 5.92 Å². The van der Waals surface area contributed by atoms with E-state index in [2.05, 4.69) is 40.4 Å². The van der Waals surface area contributed by atoms with Crippen molar-refractivity contribution in [2.45, 2.75) is 32.9 Å². The largest absolute Gasteiger partial charge is 0.497 e. The van der Waals surface area contributed by atoms with Gasteiger partial charge in [-0.05, 0) is 30.0 Å². The normalized spacial score (nSPS) is 16.6. The van der Waals surface area contributed by atoms with Gasteiger partial charge >= 0.3 is 0 Å². The van der Waals surface area contributed by atoms with E-state index in [1.807, 2.05) is 25.2 Å². The van der Waals surface area contributed by atoms with Gasteiger partial charge in [-0.1, -0.05) is 26.0 Å². The number of ether oxygens (including phenoxy) is 2. The lowest BCUT2D eigenvalue weighted by Crippen LogP contribution is -2.50. The van der Waals surface area contributed by atoms with Gasteiger partial charge in [0.25, 0.3) is 0 Å². The second-order valence-corrected chi connectivity index (χ2v) is 7.09. The molecule has 0 saturated carbocycles. The molecule has 2 rings (SSSR count). The van der Waals surface area contributed by atoms with E-state index in [0.717, 1.165) is 44.6 Å². The fraction of sp³-hybridized carbons (Fsp3) is 0.650. The van der Waals surface area contributed by atoms with Gasteiger partial charge in [0.15, 0.2) is 5.96 Å². The number of halogens is 1. The van der Waals surface area contributed by atoms with Gasteiger partial charge in [-0.25, -0.2) is 0 Å². The van der Waals surface area contributed by atoms with Crippen molar-refractivity contribution in [1.29, 1.82) is 0 Å². The van der Waals surface area contributed by atoms with Crippen molar-refractivity contribution >= 4 is 29.9 Å². The molecule has 0 amide bonds. The minimum atomic E-state index is 0. The van der Waals surface area contributed by atoms with Gasteiger partial charge in [-0.2, -0.15) is 0 Å². The highest BCUT2D eigenvalue weighted by Gasteiger charge is 2.22. The molecule has 0 spiro atoms. The molecule has 1 fully saturated rings.